The van der Waals surface area contributed by atoms with Crippen LogP contribution in [0.3, 0.4) is 0 Å². The molecular weight excluding hydrogens is 700 g/mol. The lowest BCUT2D eigenvalue weighted by Crippen LogP contribution is -2.24. The highest BCUT2D eigenvalue weighted by molar-refractivity contribution is 5.75. The topological polar surface area (TPSA) is 84.7 Å². The van der Waals surface area contributed by atoms with E-state index in [1.165, 1.54) is 36.4 Å². The standard InChI is InChI=1S/C40H41F6N3O4/c1-25(2)28-9-13-35(51-6)34(20-28)33-12-10-30(39(41,42)43)19-29(33)24-49(23-27-16-26(21-47)17-31(18-27)40(44,45)46)36-14-11-32(22-48-36)52-15-7-8-37(50)53-38(3,4)5/h9-14,16-20,22,25H,7-8,15,23-24H2,1-6H3. The van der Waals surface area contributed by atoms with Crippen LogP contribution < -0.4 is 14.4 Å². The Kier molecular flexibility index (Phi) is 12.7. The quantitative estimate of drug-likeness (QED) is 0.0766. The molecule has 0 aliphatic carbocycles. The lowest BCUT2D eigenvalue weighted by molar-refractivity contribution is -0.155. The van der Waals surface area contributed by atoms with E-state index in [2.05, 4.69) is 4.98 Å². The number of aromatic nitrogens is 1. The third-order valence-corrected chi connectivity index (χ3v) is 8.06. The van der Waals surface area contributed by atoms with Gasteiger partial charge < -0.3 is 19.1 Å². The molecule has 282 valence electrons. The molecule has 1 aromatic heterocycles. The fourth-order valence-electron chi connectivity index (χ4n) is 5.56. The molecular formula is C40H41F6N3O4. The average Bonchev–Trinajstić information content (AvgIpc) is 3.08. The number of alkyl halides is 6. The van der Waals surface area contributed by atoms with Gasteiger partial charge in [0.25, 0.3) is 0 Å². The smallest absolute Gasteiger partial charge is 0.416 e. The van der Waals surface area contributed by atoms with Crippen LogP contribution in [0.5, 0.6) is 11.5 Å². The van der Waals surface area contributed by atoms with Gasteiger partial charge in [-0.3, -0.25) is 4.79 Å². The highest BCUT2D eigenvalue weighted by Gasteiger charge is 2.33. The minimum Gasteiger partial charge on any atom is -0.496 e. The molecule has 0 amide bonds. The van der Waals surface area contributed by atoms with Crippen molar-refractivity contribution in [3.05, 3.63) is 106 Å². The molecule has 4 aromatic rings. The summed E-state index contributed by atoms with van der Waals surface area (Å²) in [5.74, 6) is 0.685. The number of benzene rings is 3. The van der Waals surface area contributed by atoms with E-state index in [4.69, 9.17) is 14.2 Å². The molecule has 0 fully saturated rings. The van der Waals surface area contributed by atoms with Gasteiger partial charge in [-0.15, -0.1) is 0 Å². The first-order valence-corrected chi connectivity index (χ1v) is 16.8. The van der Waals surface area contributed by atoms with Gasteiger partial charge in [0.05, 0.1) is 42.7 Å². The fourth-order valence-corrected chi connectivity index (χ4v) is 5.56. The van der Waals surface area contributed by atoms with Gasteiger partial charge in [0.15, 0.2) is 0 Å². The number of halogens is 6. The van der Waals surface area contributed by atoms with Crippen LogP contribution in [0.4, 0.5) is 32.2 Å². The van der Waals surface area contributed by atoms with Crippen molar-refractivity contribution in [3.8, 4) is 28.7 Å². The maximum Gasteiger partial charge on any atom is 0.416 e. The van der Waals surface area contributed by atoms with Crippen molar-refractivity contribution in [2.75, 3.05) is 18.6 Å². The molecule has 0 unspecified atom stereocenters. The van der Waals surface area contributed by atoms with Crippen molar-refractivity contribution in [2.45, 2.75) is 84.4 Å². The molecule has 53 heavy (non-hydrogen) atoms. The second-order valence-corrected chi connectivity index (χ2v) is 13.8. The number of anilines is 1. The van der Waals surface area contributed by atoms with E-state index in [0.29, 0.717) is 29.0 Å². The Labute approximate surface area is 305 Å². The number of methoxy groups -OCH3 is 1. The number of nitrogens with zero attached hydrogens (tertiary/aromatic N) is 3. The minimum atomic E-state index is -4.75. The van der Waals surface area contributed by atoms with Gasteiger partial charge in [0.1, 0.15) is 22.9 Å². The van der Waals surface area contributed by atoms with Crippen LogP contribution in [-0.4, -0.2) is 30.3 Å². The predicted octanol–water partition coefficient (Wildman–Crippen LogP) is 10.5. The van der Waals surface area contributed by atoms with E-state index >= 15 is 0 Å². The van der Waals surface area contributed by atoms with Gasteiger partial charge in [0.2, 0.25) is 0 Å². The summed E-state index contributed by atoms with van der Waals surface area (Å²) in [7, 11) is 1.45. The van der Waals surface area contributed by atoms with E-state index in [-0.39, 0.29) is 60.5 Å². The van der Waals surface area contributed by atoms with E-state index in [0.717, 1.165) is 29.8 Å². The molecule has 0 aliphatic rings. The molecule has 4 rings (SSSR count). The number of pyridine rings is 1. The summed E-state index contributed by atoms with van der Waals surface area (Å²) in [5, 5.41) is 9.52. The Morgan fingerprint density at radius 2 is 1.58 bits per heavy atom. The first-order chi connectivity index (χ1) is 24.8. The Bertz CT molecular complexity index is 1930. The highest BCUT2D eigenvalue weighted by atomic mass is 19.4. The lowest BCUT2D eigenvalue weighted by Gasteiger charge is -2.27. The Morgan fingerprint density at radius 3 is 2.17 bits per heavy atom. The first-order valence-electron chi connectivity index (χ1n) is 16.8. The third kappa shape index (κ3) is 11.4. The average molecular weight is 742 g/mol. The highest BCUT2D eigenvalue weighted by Crippen LogP contribution is 2.39. The third-order valence-electron chi connectivity index (χ3n) is 8.06. The van der Waals surface area contributed by atoms with E-state index in [1.54, 1.807) is 39.0 Å². The Balaban J connectivity index is 1.76. The van der Waals surface area contributed by atoms with Crippen molar-refractivity contribution >= 4 is 11.8 Å². The molecule has 7 nitrogen and oxygen atoms in total. The molecule has 0 saturated heterocycles. The number of carbonyl (C=O) groups is 1. The Morgan fingerprint density at radius 1 is 0.868 bits per heavy atom. The molecule has 13 heteroatoms. The van der Waals surface area contributed by atoms with Gasteiger partial charge in [-0.2, -0.15) is 31.6 Å². The molecule has 0 saturated carbocycles. The number of hydrogen-bond acceptors (Lipinski definition) is 7. The fraction of sp³-hybridized carbons (Fsp3) is 0.375. The van der Waals surface area contributed by atoms with Gasteiger partial charge in [-0.1, -0.05) is 26.0 Å². The molecule has 0 bridgehead atoms. The maximum atomic E-state index is 14.1. The zero-order valence-corrected chi connectivity index (χ0v) is 30.3. The molecule has 0 atom stereocenters. The van der Waals surface area contributed by atoms with Crippen LogP contribution in [0.2, 0.25) is 0 Å². The van der Waals surface area contributed by atoms with Crippen LogP contribution in [-0.2, 0) is 35.0 Å². The molecule has 0 spiro atoms. The number of ether oxygens (including phenoxy) is 3. The maximum absolute atomic E-state index is 14.1. The van der Waals surface area contributed by atoms with Gasteiger partial charge in [-0.05, 0) is 110 Å². The second-order valence-electron chi connectivity index (χ2n) is 13.8. The van der Waals surface area contributed by atoms with Crippen molar-refractivity contribution in [1.82, 2.24) is 4.98 Å². The second kappa shape index (κ2) is 16.6. The summed E-state index contributed by atoms with van der Waals surface area (Å²) in [6.07, 6.45) is -7.57. The summed E-state index contributed by atoms with van der Waals surface area (Å²) in [5.41, 5.74) is -0.622. The largest absolute Gasteiger partial charge is 0.496 e. The normalized spacial score (nSPS) is 12.0. The predicted molar refractivity (Wildman–Crippen MR) is 188 cm³/mol. The number of rotatable bonds is 13. The molecule has 0 N–H and O–H groups in total. The van der Waals surface area contributed by atoms with Gasteiger partial charge >= 0.3 is 18.3 Å². The summed E-state index contributed by atoms with van der Waals surface area (Å²) in [4.78, 5) is 18.0. The first kappa shape index (κ1) is 40.5. The molecule has 0 radical (unpaired) electrons. The SMILES string of the molecule is COc1ccc(C(C)C)cc1-c1ccc(C(F)(F)F)cc1CN(Cc1cc(C#N)cc(C(F)(F)F)c1)c1ccc(OCCCC(=O)OC(C)(C)C)cn1. The number of esters is 1. The molecule has 0 aliphatic heterocycles. The van der Waals surface area contributed by atoms with Crippen molar-refractivity contribution in [3.63, 3.8) is 0 Å². The van der Waals surface area contributed by atoms with E-state index in [9.17, 15) is 36.4 Å². The zero-order chi connectivity index (χ0) is 39.1. The summed E-state index contributed by atoms with van der Waals surface area (Å²) in [6.45, 7) is 8.94. The zero-order valence-electron chi connectivity index (χ0n) is 30.3. The van der Waals surface area contributed by atoms with Gasteiger partial charge in [-0.25, -0.2) is 4.98 Å². The van der Waals surface area contributed by atoms with Crippen LogP contribution in [0, 0.1) is 11.3 Å². The Hall–Kier alpha value is -5.25. The lowest BCUT2D eigenvalue weighted by atomic mass is 9.92. The van der Waals surface area contributed by atoms with Gasteiger partial charge in [0, 0.05) is 25.1 Å². The van der Waals surface area contributed by atoms with E-state index < -0.39 is 29.1 Å². The molecule has 3 aromatic carbocycles. The summed E-state index contributed by atoms with van der Waals surface area (Å²) >= 11 is 0. The van der Waals surface area contributed by atoms with Crippen LogP contribution in [0.25, 0.3) is 11.1 Å². The number of carbonyl (C=O) groups excluding carboxylic acids is 1. The number of nitriles is 1. The van der Waals surface area contributed by atoms with Crippen LogP contribution in [0.1, 0.15) is 86.8 Å². The van der Waals surface area contributed by atoms with Crippen molar-refractivity contribution in [2.24, 2.45) is 0 Å². The van der Waals surface area contributed by atoms with Crippen LogP contribution in [0.15, 0.2) is 72.9 Å². The van der Waals surface area contributed by atoms with E-state index in [1.807, 2.05) is 26.0 Å². The van der Waals surface area contributed by atoms with Crippen LogP contribution >= 0.6 is 0 Å². The number of hydrogen-bond donors (Lipinski definition) is 0. The minimum absolute atomic E-state index is 0.0894. The summed E-state index contributed by atoms with van der Waals surface area (Å²) in [6, 6.07) is 16.6. The van der Waals surface area contributed by atoms with Crippen molar-refractivity contribution in [1.29, 1.82) is 5.26 Å². The summed E-state index contributed by atoms with van der Waals surface area (Å²) < 4.78 is 101. The van der Waals surface area contributed by atoms with Crippen molar-refractivity contribution < 1.29 is 45.3 Å². The monoisotopic (exact) mass is 741 g/mol. The molecule has 1 heterocycles.